The normalized spacial score (nSPS) is 10.7. The van der Waals surface area contributed by atoms with E-state index in [0.29, 0.717) is 11.3 Å². The van der Waals surface area contributed by atoms with Gasteiger partial charge in [0.25, 0.3) is 0 Å². The van der Waals surface area contributed by atoms with Gasteiger partial charge in [-0.3, -0.25) is 5.43 Å². The third kappa shape index (κ3) is 3.38. The van der Waals surface area contributed by atoms with Crippen LogP contribution in [0, 0.1) is 11.6 Å². The van der Waals surface area contributed by atoms with Gasteiger partial charge in [0.2, 0.25) is 0 Å². The van der Waals surface area contributed by atoms with Gasteiger partial charge in [-0.25, -0.2) is 13.6 Å². The molecule has 0 amide bonds. The zero-order chi connectivity index (χ0) is 14.5. The van der Waals surface area contributed by atoms with E-state index in [1.165, 1.54) is 24.4 Å². The minimum Gasteiger partial charge on any atom is -0.478 e. The van der Waals surface area contributed by atoms with Crippen LogP contribution in [0.2, 0.25) is 0 Å². The van der Waals surface area contributed by atoms with Crippen LogP contribution in [0.3, 0.4) is 0 Å². The van der Waals surface area contributed by atoms with Crippen LogP contribution in [0.15, 0.2) is 47.6 Å². The smallest absolute Gasteiger partial charge is 0.335 e. The van der Waals surface area contributed by atoms with E-state index >= 15 is 0 Å². The molecule has 2 N–H and O–H groups in total. The van der Waals surface area contributed by atoms with Crippen molar-refractivity contribution < 1.29 is 18.7 Å². The molecule has 0 unspecified atom stereocenters. The molecule has 2 aromatic carbocycles. The average Bonchev–Trinajstić information content (AvgIpc) is 2.43. The number of nitrogens with one attached hydrogen (secondary N) is 1. The second-order valence-corrected chi connectivity index (χ2v) is 3.93. The maximum Gasteiger partial charge on any atom is 0.335 e. The molecule has 0 bridgehead atoms. The highest BCUT2D eigenvalue weighted by molar-refractivity contribution is 5.88. The Morgan fingerprint density at radius 2 is 1.80 bits per heavy atom. The molecular formula is C14H10F2N2O2. The summed E-state index contributed by atoms with van der Waals surface area (Å²) < 4.78 is 25.6. The van der Waals surface area contributed by atoms with Gasteiger partial charge in [-0.1, -0.05) is 6.07 Å². The van der Waals surface area contributed by atoms with E-state index < -0.39 is 17.6 Å². The fraction of sp³-hybridized carbons (Fsp3) is 0. The summed E-state index contributed by atoms with van der Waals surface area (Å²) in [6, 6.07) is 9.37. The highest BCUT2D eigenvalue weighted by atomic mass is 19.2. The van der Waals surface area contributed by atoms with Crippen LogP contribution < -0.4 is 5.43 Å². The Hall–Kier alpha value is -2.76. The van der Waals surface area contributed by atoms with Gasteiger partial charge in [0.1, 0.15) is 0 Å². The van der Waals surface area contributed by atoms with Crippen molar-refractivity contribution in [1.29, 1.82) is 0 Å². The number of anilines is 1. The minimum atomic E-state index is -1.01. The molecule has 0 aromatic heterocycles. The van der Waals surface area contributed by atoms with Gasteiger partial charge >= 0.3 is 5.97 Å². The lowest BCUT2D eigenvalue weighted by atomic mass is 10.2. The third-order valence-corrected chi connectivity index (χ3v) is 2.48. The van der Waals surface area contributed by atoms with E-state index in [1.807, 2.05) is 0 Å². The van der Waals surface area contributed by atoms with Gasteiger partial charge in [0, 0.05) is 0 Å². The lowest BCUT2D eigenvalue weighted by Gasteiger charge is -2.00. The molecule has 0 spiro atoms. The number of hydrogen-bond donors (Lipinski definition) is 2. The second kappa shape index (κ2) is 5.92. The fourth-order valence-electron chi connectivity index (χ4n) is 1.46. The van der Waals surface area contributed by atoms with E-state index in [4.69, 9.17) is 5.11 Å². The number of rotatable bonds is 4. The van der Waals surface area contributed by atoms with Crippen molar-refractivity contribution in [3.63, 3.8) is 0 Å². The summed E-state index contributed by atoms with van der Waals surface area (Å²) in [5, 5.41) is 12.6. The van der Waals surface area contributed by atoms with Crippen molar-refractivity contribution in [2.45, 2.75) is 0 Å². The molecule has 6 heteroatoms. The molecule has 0 saturated heterocycles. The molecule has 0 heterocycles. The average molecular weight is 276 g/mol. The summed E-state index contributed by atoms with van der Waals surface area (Å²) in [5.41, 5.74) is 3.80. The number of hydrogen-bond acceptors (Lipinski definition) is 3. The number of carbonyl (C=O) groups is 1. The van der Waals surface area contributed by atoms with Gasteiger partial charge in [-0.2, -0.15) is 5.10 Å². The van der Waals surface area contributed by atoms with Gasteiger partial charge in [0.15, 0.2) is 11.6 Å². The van der Waals surface area contributed by atoms with Crippen molar-refractivity contribution in [1.82, 2.24) is 0 Å². The molecule has 102 valence electrons. The summed E-state index contributed by atoms with van der Waals surface area (Å²) in [5.74, 6) is -2.87. The SMILES string of the molecule is O=C(O)c1ccc(N/N=C\c2ccc(F)c(F)c2)cc1. The van der Waals surface area contributed by atoms with Crippen LogP contribution in [0.5, 0.6) is 0 Å². The van der Waals surface area contributed by atoms with Crippen LogP contribution >= 0.6 is 0 Å². The minimum absolute atomic E-state index is 0.167. The molecule has 4 nitrogen and oxygen atoms in total. The Bertz CT molecular complexity index is 655. The maximum atomic E-state index is 12.9. The third-order valence-electron chi connectivity index (χ3n) is 2.48. The number of benzene rings is 2. The van der Waals surface area contributed by atoms with Crippen molar-refractivity contribution in [2.75, 3.05) is 5.43 Å². The topological polar surface area (TPSA) is 61.7 Å². The van der Waals surface area contributed by atoms with Gasteiger partial charge in [0.05, 0.1) is 17.5 Å². The predicted octanol–water partition coefficient (Wildman–Crippen LogP) is 3.11. The number of hydrazone groups is 1. The van der Waals surface area contributed by atoms with E-state index in [-0.39, 0.29) is 5.56 Å². The number of nitrogens with zero attached hydrogens (tertiary/aromatic N) is 1. The summed E-state index contributed by atoms with van der Waals surface area (Å²) in [6.45, 7) is 0. The Kier molecular flexibility index (Phi) is 4.05. The number of carboxylic acids is 1. The van der Waals surface area contributed by atoms with Crippen molar-refractivity contribution >= 4 is 17.9 Å². The molecule has 2 rings (SSSR count). The van der Waals surface area contributed by atoms with Crippen LogP contribution in [-0.2, 0) is 0 Å². The maximum absolute atomic E-state index is 12.9. The van der Waals surface area contributed by atoms with Gasteiger partial charge in [-0.05, 0) is 42.0 Å². The first-order valence-electron chi connectivity index (χ1n) is 5.64. The highest BCUT2D eigenvalue weighted by Crippen LogP contribution is 2.10. The lowest BCUT2D eigenvalue weighted by molar-refractivity contribution is 0.0697. The zero-order valence-electron chi connectivity index (χ0n) is 10.2. The first-order chi connectivity index (χ1) is 9.56. The van der Waals surface area contributed by atoms with E-state index in [0.717, 1.165) is 12.1 Å². The monoisotopic (exact) mass is 276 g/mol. The molecule has 20 heavy (non-hydrogen) atoms. The first-order valence-corrected chi connectivity index (χ1v) is 5.64. The molecular weight excluding hydrogens is 266 g/mol. The van der Waals surface area contributed by atoms with Crippen LogP contribution in [0.1, 0.15) is 15.9 Å². The summed E-state index contributed by atoms with van der Waals surface area (Å²) in [4.78, 5) is 10.7. The van der Waals surface area contributed by atoms with Gasteiger partial charge in [-0.15, -0.1) is 0 Å². The number of carboxylic acid groups (broad SMARTS) is 1. The summed E-state index contributed by atoms with van der Waals surface area (Å²) in [6.07, 6.45) is 1.33. The quantitative estimate of drug-likeness (QED) is 0.666. The molecule has 0 atom stereocenters. The largest absolute Gasteiger partial charge is 0.478 e. The standard InChI is InChI=1S/C14H10F2N2O2/c15-12-6-1-9(7-13(12)16)8-17-18-11-4-2-10(3-5-11)14(19)20/h1-8,18H,(H,19,20)/b17-8-. The Balaban J connectivity index is 2.02. The van der Waals surface area contributed by atoms with E-state index in [9.17, 15) is 13.6 Å². The lowest BCUT2D eigenvalue weighted by Crippen LogP contribution is -1.96. The first kappa shape index (κ1) is 13.7. The summed E-state index contributed by atoms with van der Waals surface area (Å²) in [7, 11) is 0. The van der Waals surface area contributed by atoms with Crippen LogP contribution in [0.25, 0.3) is 0 Å². The Labute approximate surface area is 113 Å². The molecule has 2 aromatic rings. The van der Waals surface area contributed by atoms with E-state index in [2.05, 4.69) is 10.5 Å². The number of aromatic carboxylic acids is 1. The molecule has 0 saturated carbocycles. The molecule has 0 aliphatic rings. The molecule has 0 aliphatic heterocycles. The number of halogens is 2. The van der Waals surface area contributed by atoms with Crippen LogP contribution in [-0.4, -0.2) is 17.3 Å². The fourth-order valence-corrected chi connectivity index (χ4v) is 1.46. The zero-order valence-corrected chi connectivity index (χ0v) is 10.2. The highest BCUT2D eigenvalue weighted by Gasteiger charge is 2.01. The van der Waals surface area contributed by atoms with Crippen LogP contribution in [0.4, 0.5) is 14.5 Å². The molecule has 0 radical (unpaired) electrons. The van der Waals surface area contributed by atoms with Crippen molar-refractivity contribution in [2.24, 2.45) is 5.10 Å². The summed E-state index contributed by atoms with van der Waals surface area (Å²) >= 11 is 0. The van der Waals surface area contributed by atoms with Crippen molar-refractivity contribution in [3.8, 4) is 0 Å². The predicted molar refractivity (Wildman–Crippen MR) is 71.0 cm³/mol. The van der Waals surface area contributed by atoms with E-state index in [1.54, 1.807) is 12.1 Å². The van der Waals surface area contributed by atoms with Crippen molar-refractivity contribution in [3.05, 3.63) is 65.2 Å². The Morgan fingerprint density at radius 3 is 2.40 bits per heavy atom. The molecule has 0 aliphatic carbocycles. The Morgan fingerprint density at radius 1 is 1.10 bits per heavy atom. The molecule has 0 fully saturated rings. The second-order valence-electron chi connectivity index (χ2n) is 3.93. The van der Waals surface area contributed by atoms with Gasteiger partial charge < -0.3 is 5.11 Å².